The first kappa shape index (κ1) is 18.9. The molecular weight excluding hydrogens is 394 g/mol. The fourth-order valence-corrected chi connectivity index (χ4v) is 4.11. The molecule has 1 aromatic carbocycles. The van der Waals surface area contributed by atoms with E-state index in [4.69, 9.17) is 5.73 Å². The number of hydrogen-bond donors (Lipinski definition) is 1. The van der Waals surface area contributed by atoms with Crippen molar-refractivity contribution in [3.63, 3.8) is 0 Å². The van der Waals surface area contributed by atoms with Crippen LogP contribution in [0.1, 0.15) is 34.6 Å². The topological polar surface area (TPSA) is 68.3 Å². The summed E-state index contributed by atoms with van der Waals surface area (Å²) in [6.07, 6.45) is 1.47. The lowest BCUT2D eigenvalue weighted by Gasteiger charge is -2.29. The van der Waals surface area contributed by atoms with Crippen molar-refractivity contribution in [2.75, 3.05) is 19.6 Å². The predicted octanol–water partition coefficient (Wildman–Crippen LogP) is 3.24. The van der Waals surface area contributed by atoms with Crippen molar-refractivity contribution >= 4 is 27.6 Å². The van der Waals surface area contributed by atoms with E-state index in [1.165, 1.54) is 0 Å². The highest BCUT2D eigenvalue weighted by Gasteiger charge is 2.25. The quantitative estimate of drug-likeness (QED) is 0.759. The fraction of sp³-hybridized carbons (Fsp3) is 0.400. The molecule has 6 heteroatoms. The van der Waals surface area contributed by atoms with Gasteiger partial charge in [-0.2, -0.15) is 0 Å². The number of aromatic nitrogens is 1. The van der Waals surface area contributed by atoms with Crippen molar-refractivity contribution in [1.29, 1.82) is 0 Å². The van der Waals surface area contributed by atoms with Crippen LogP contribution in [0.2, 0.25) is 0 Å². The summed E-state index contributed by atoms with van der Waals surface area (Å²) < 4.78 is 3.12. The van der Waals surface area contributed by atoms with Crippen LogP contribution >= 0.6 is 15.9 Å². The molecule has 2 aromatic rings. The highest BCUT2D eigenvalue weighted by molar-refractivity contribution is 9.10. The number of benzene rings is 1. The fourth-order valence-electron chi connectivity index (χ4n) is 3.72. The summed E-state index contributed by atoms with van der Waals surface area (Å²) in [6.45, 7) is 5.87. The van der Waals surface area contributed by atoms with Gasteiger partial charge in [0.25, 0.3) is 0 Å². The van der Waals surface area contributed by atoms with Gasteiger partial charge in [-0.15, -0.1) is 0 Å². The lowest BCUT2D eigenvalue weighted by molar-refractivity contribution is -0.123. The van der Waals surface area contributed by atoms with Gasteiger partial charge < -0.3 is 10.3 Å². The molecule has 3 rings (SSSR count). The minimum atomic E-state index is -0.228. The molecule has 2 heterocycles. The second-order valence-corrected chi connectivity index (χ2v) is 7.89. The van der Waals surface area contributed by atoms with Gasteiger partial charge in [-0.25, -0.2) is 0 Å². The van der Waals surface area contributed by atoms with Gasteiger partial charge in [0.15, 0.2) is 5.78 Å². The summed E-state index contributed by atoms with van der Waals surface area (Å²) in [6, 6.07) is 10.0. The second kappa shape index (κ2) is 7.76. The standard InChI is InChI=1S/C20H24BrN3O2/c1-13-10-18(14(2)24(13)17-5-3-4-16(21)11-17)19(25)12-23-8-6-15(7-9-23)20(22)26/h3-5,10-11,15H,6-9,12H2,1-2H3,(H2,22,26). The summed E-state index contributed by atoms with van der Waals surface area (Å²) >= 11 is 3.51. The Morgan fingerprint density at radius 2 is 1.88 bits per heavy atom. The molecule has 26 heavy (non-hydrogen) atoms. The zero-order valence-electron chi connectivity index (χ0n) is 15.2. The van der Waals surface area contributed by atoms with Crippen molar-refractivity contribution in [2.45, 2.75) is 26.7 Å². The zero-order valence-corrected chi connectivity index (χ0v) is 16.8. The van der Waals surface area contributed by atoms with Crippen LogP contribution < -0.4 is 5.73 Å². The number of hydrogen-bond acceptors (Lipinski definition) is 3. The van der Waals surface area contributed by atoms with Crippen LogP contribution in [0.4, 0.5) is 0 Å². The molecule has 138 valence electrons. The van der Waals surface area contributed by atoms with E-state index >= 15 is 0 Å². The zero-order chi connectivity index (χ0) is 18.8. The predicted molar refractivity (Wildman–Crippen MR) is 106 cm³/mol. The third-order valence-corrected chi connectivity index (χ3v) is 5.65. The molecule has 1 fully saturated rings. The maximum absolute atomic E-state index is 12.9. The number of aryl methyl sites for hydroxylation is 1. The Bertz CT molecular complexity index is 836. The monoisotopic (exact) mass is 417 g/mol. The van der Waals surface area contributed by atoms with E-state index in [9.17, 15) is 9.59 Å². The summed E-state index contributed by atoms with van der Waals surface area (Å²) in [5.41, 5.74) is 9.18. The first-order valence-corrected chi connectivity index (χ1v) is 9.66. The first-order chi connectivity index (χ1) is 12.4. The molecule has 0 atom stereocenters. The van der Waals surface area contributed by atoms with E-state index < -0.39 is 0 Å². The van der Waals surface area contributed by atoms with Gasteiger partial charge in [-0.3, -0.25) is 14.5 Å². The minimum absolute atomic E-state index is 0.0528. The second-order valence-electron chi connectivity index (χ2n) is 6.98. The number of Topliss-reactive ketones (excluding diaryl/α,β-unsaturated/α-hetero) is 1. The third-order valence-electron chi connectivity index (χ3n) is 5.16. The van der Waals surface area contributed by atoms with Gasteiger partial charge in [-0.1, -0.05) is 22.0 Å². The maximum Gasteiger partial charge on any atom is 0.220 e. The lowest BCUT2D eigenvalue weighted by atomic mass is 9.96. The van der Waals surface area contributed by atoms with Crippen molar-refractivity contribution in [2.24, 2.45) is 11.7 Å². The van der Waals surface area contributed by atoms with Gasteiger partial charge >= 0.3 is 0 Å². The van der Waals surface area contributed by atoms with Crippen molar-refractivity contribution in [3.8, 4) is 5.69 Å². The largest absolute Gasteiger partial charge is 0.369 e. The Hall–Kier alpha value is -1.92. The number of ketones is 1. The molecule has 1 aromatic heterocycles. The van der Waals surface area contributed by atoms with Crippen LogP contribution in [-0.2, 0) is 4.79 Å². The van der Waals surface area contributed by atoms with E-state index in [1.54, 1.807) is 0 Å². The summed E-state index contributed by atoms with van der Waals surface area (Å²) in [4.78, 5) is 26.3. The summed E-state index contributed by atoms with van der Waals surface area (Å²) in [5.74, 6) is -0.159. The third kappa shape index (κ3) is 3.91. The summed E-state index contributed by atoms with van der Waals surface area (Å²) in [7, 11) is 0. The van der Waals surface area contributed by atoms with Crippen LogP contribution in [0.5, 0.6) is 0 Å². The number of amides is 1. The Morgan fingerprint density at radius 1 is 1.19 bits per heavy atom. The molecule has 0 saturated carbocycles. The lowest BCUT2D eigenvalue weighted by Crippen LogP contribution is -2.40. The molecule has 1 amide bonds. The molecule has 0 bridgehead atoms. The van der Waals surface area contributed by atoms with Crippen molar-refractivity contribution in [3.05, 3.63) is 51.8 Å². The number of nitrogens with zero attached hydrogens (tertiary/aromatic N) is 2. The summed E-state index contributed by atoms with van der Waals surface area (Å²) in [5, 5.41) is 0. The van der Waals surface area contributed by atoms with Crippen LogP contribution in [0.25, 0.3) is 5.69 Å². The molecule has 1 aliphatic rings. The molecule has 1 saturated heterocycles. The van der Waals surface area contributed by atoms with Crippen LogP contribution in [0.15, 0.2) is 34.8 Å². The molecule has 0 spiro atoms. The average molecular weight is 418 g/mol. The number of likely N-dealkylation sites (tertiary alicyclic amines) is 1. The van der Waals surface area contributed by atoms with E-state index in [-0.39, 0.29) is 17.6 Å². The SMILES string of the molecule is Cc1cc(C(=O)CN2CCC(C(N)=O)CC2)c(C)n1-c1cccc(Br)c1. The van der Waals surface area contributed by atoms with E-state index in [1.807, 2.05) is 44.2 Å². The van der Waals surface area contributed by atoms with Crippen LogP contribution in [0.3, 0.4) is 0 Å². The van der Waals surface area contributed by atoms with Gasteiger partial charge in [0.05, 0.1) is 6.54 Å². The molecule has 5 nitrogen and oxygen atoms in total. The van der Waals surface area contributed by atoms with Crippen LogP contribution in [0, 0.1) is 19.8 Å². The highest BCUT2D eigenvalue weighted by atomic mass is 79.9. The van der Waals surface area contributed by atoms with Crippen LogP contribution in [-0.4, -0.2) is 40.8 Å². The average Bonchev–Trinajstić information content (AvgIpc) is 2.90. The van der Waals surface area contributed by atoms with Gasteiger partial charge in [0, 0.05) is 33.0 Å². The number of nitrogens with two attached hydrogens (primary N) is 1. The number of halogens is 1. The van der Waals surface area contributed by atoms with Crippen molar-refractivity contribution < 1.29 is 9.59 Å². The van der Waals surface area contributed by atoms with E-state index in [0.29, 0.717) is 6.54 Å². The molecule has 0 aliphatic carbocycles. The molecule has 2 N–H and O–H groups in total. The maximum atomic E-state index is 12.9. The van der Waals surface area contributed by atoms with Crippen molar-refractivity contribution in [1.82, 2.24) is 9.47 Å². The molecule has 0 unspecified atom stereocenters. The Balaban J connectivity index is 1.75. The number of piperidine rings is 1. The number of carbonyl (C=O) groups excluding carboxylic acids is 2. The number of primary amides is 1. The number of carbonyl (C=O) groups is 2. The molecule has 0 radical (unpaired) electrons. The minimum Gasteiger partial charge on any atom is -0.369 e. The number of rotatable bonds is 5. The Labute approximate surface area is 162 Å². The Kier molecular flexibility index (Phi) is 5.63. The highest BCUT2D eigenvalue weighted by Crippen LogP contribution is 2.24. The first-order valence-electron chi connectivity index (χ1n) is 8.86. The van der Waals surface area contributed by atoms with Gasteiger partial charge in [0.1, 0.15) is 0 Å². The van der Waals surface area contributed by atoms with Gasteiger partial charge in [-0.05, 0) is 64.0 Å². The molecule has 1 aliphatic heterocycles. The molecular formula is C20H24BrN3O2. The normalized spacial score (nSPS) is 16.0. The van der Waals surface area contributed by atoms with Gasteiger partial charge in [0.2, 0.25) is 5.91 Å². The smallest absolute Gasteiger partial charge is 0.220 e. The Morgan fingerprint density at radius 3 is 2.50 bits per heavy atom. The van der Waals surface area contributed by atoms with E-state index in [0.717, 1.165) is 53.0 Å². The van der Waals surface area contributed by atoms with E-state index in [2.05, 4.69) is 25.4 Å².